The summed E-state index contributed by atoms with van der Waals surface area (Å²) in [5.41, 5.74) is 2.49. The number of aromatic hydroxyl groups is 2. The molecule has 3 nitrogen and oxygen atoms in total. The zero-order valence-corrected chi connectivity index (χ0v) is 39.4. The van der Waals surface area contributed by atoms with E-state index in [1.165, 1.54) is 229 Å². The van der Waals surface area contributed by atoms with Gasteiger partial charge in [0, 0.05) is 12.3 Å². The van der Waals surface area contributed by atoms with E-state index in [-0.39, 0.29) is 11.5 Å². The number of phenolic OH excluding ortho intramolecular Hbond substituents is 2. The normalized spacial score (nSPS) is 15.8. The van der Waals surface area contributed by atoms with Crippen LogP contribution in [0.5, 0.6) is 11.5 Å². The summed E-state index contributed by atoms with van der Waals surface area (Å²) >= 11 is 0. The van der Waals surface area contributed by atoms with Crippen LogP contribution >= 0.6 is 0 Å². The van der Waals surface area contributed by atoms with Gasteiger partial charge in [0.2, 0.25) is 0 Å². The van der Waals surface area contributed by atoms with E-state index in [4.69, 9.17) is 0 Å². The Morgan fingerprint density at radius 2 is 0.825 bits per heavy atom. The molecule has 1 aliphatic rings. The van der Waals surface area contributed by atoms with Crippen molar-refractivity contribution in [1.82, 2.24) is 0 Å². The smallest absolute Gasteiger partial charge is 0.157 e. The molecule has 0 saturated heterocycles. The van der Waals surface area contributed by atoms with Gasteiger partial charge in [-0.3, -0.25) is 4.79 Å². The van der Waals surface area contributed by atoms with Crippen molar-refractivity contribution in [2.24, 2.45) is 23.7 Å². The van der Waals surface area contributed by atoms with Crippen molar-refractivity contribution in [3.63, 3.8) is 0 Å². The van der Waals surface area contributed by atoms with Crippen molar-refractivity contribution in [3.05, 3.63) is 23.3 Å². The molecule has 1 aromatic rings. The number of carbonyl (C=O) groups is 1. The fourth-order valence-electron chi connectivity index (χ4n) is 9.07. The molecule has 0 radical (unpaired) electrons. The van der Waals surface area contributed by atoms with Crippen molar-refractivity contribution in [2.45, 2.75) is 279 Å². The van der Waals surface area contributed by atoms with Crippen molar-refractivity contribution in [3.8, 4) is 11.5 Å². The molecular formula is C54H100O3. The molecule has 1 aliphatic carbocycles. The maximum absolute atomic E-state index is 12.4. The van der Waals surface area contributed by atoms with Gasteiger partial charge >= 0.3 is 0 Å². The maximum Gasteiger partial charge on any atom is 0.157 e. The Bertz CT molecular complexity index is 995. The molecule has 0 amide bonds. The van der Waals surface area contributed by atoms with Crippen LogP contribution < -0.4 is 0 Å². The lowest BCUT2D eigenvalue weighted by atomic mass is 9.77. The summed E-state index contributed by atoms with van der Waals surface area (Å²) in [6, 6.07) is 3.63. The van der Waals surface area contributed by atoms with Gasteiger partial charge < -0.3 is 10.2 Å². The van der Waals surface area contributed by atoms with E-state index in [2.05, 4.69) is 41.5 Å². The van der Waals surface area contributed by atoms with E-state index in [0.29, 0.717) is 17.6 Å². The van der Waals surface area contributed by atoms with Gasteiger partial charge in [-0.2, -0.15) is 0 Å². The zero-order chi connectivity index (χ0) is 41.8. The second-order valence-electron chi connectivity index (χ2n) is 19.6. The van der Waals surface area contributed by atoms with Gasteiger partial charge in [0.15, 0.2) is 11.5 Å². The third kappa shape index (κ3) is 31.1. The van der Waals surface area contributed by atoms with Crippen LogP contribution in [-0.2, 0) is 17.6 Å². The first-order valence-corrected chi connectivity index (χ1v) is 25.7. The molecule has 2 N–H and O–H groups in total. The highest BCUT2D eigenvalue weighted by Gasteiger charge is 2.27. The van der Waals surface area contributed by atoms with Crippen LogP contribution in [0.15, 0.2) is 12.1 Å². The van der Waals surface area contributed by atoms with Crippen molar-refractivity contribution in [1.29, 1.82) is 0 Å². The van der Waals surface area contributed by atoms with Gasteiger partial charge in [0.05, 0.1) is 0 Å². The summed E-state index contributed by atoms with van der Waals surface area (Å²) in [4.78, 5) is 12.4. The van der Waals surface area contributed by atoms with Crippen molar-refractivity contribution < 1.29 is 15.0 Å². The Labute approximate surface area is 357 Å². The molecule has 57 heavy (non-hydrogen) atoms. The molecule has 1 aromatic carbocycles. The predicted octanol–water partition coefficient (Wildman–Crippen LogP) is 18.0. The van der Waals surface area contributed by atoms with Gasteiger partial charge in [0.1, 0.15) is 5.78 Å². The molecule has 3 heteroatoms. The van der Waals surface area contributed by atoms with Crippen LogP contribution in [0.25, 0.3) is 0 Å². The fraction of sp³-hybridized carbons (Fsp3) is 0.870. The van der Waals surface area contributed by atoms with Crippen LogP contribution in [-0.4, -0.2) is 16.0 Å². The van der Waals surface area contributed by atoms with E-state index in [1.807, 2.05) is 12.1 Å². The summed E-state index contributed by atoms with van der Waals surface area (Å²) in [6.45, 7) is 13.8. The molecule has 334 valence electrons. The number of hydrogen-bond donors (Lipinski definition) is 2. The number of unbranched alkanes of at least 4 members (excludes halogenated alkanes) is 24. The van der Waals surface area contributed by atoms with Crippen molar-refractivity contribution in [2.75, 3.05) is 0 Å². The minimum Gasteiger partial charge on any atom is -0.504 e. The van der Waals surface area contributed by atoms with E-state index in [1.54, 1.807) is 0 Å². The van der Waals surface area contributed by atoms with Crippen molar-refractivity contribution >= 4 is 5.78 Å². The molecule has 1 saturated carbocycles. The topological polar surface area (TPSA) is 57.5 Å². The molecule has 0 bridgehead atoms. The first kappa shape index (κ1) is 53.5. The molecular weight excluding hydrogens is 697 g/mol. The average Bonchev–Trinajstić information content (AvgIpc) is 3.18. The lowest BCUT2D eigenvalue weighted by Crippen LogP contribution is -2.25. The van der Waals surface area contributed by atoms with Gasteiger partial charge in [-0.25, -0.2) is 0 Å². The van der Waals surface area contributed by atoms with E-state index in [0.717, 1.165) is 31.1 Å². The zero-order valence-electron chi connectivity index (χ0n) is 39.4. The number of Topliss-reactive ketones (excluding diaryl/α,β-unsaturated/α-hetero) is 1. The molecule has 0 aliphatic heterocycles. The minimum atomic E-state index is 0.0407. The number of ketones is 1. The number of rotatable bonds is 36. The largest absolute Gasteiger partial charge is 0.504 e. The first-order valence-electron chi connectivity index (χ1n) is 25.7. The Kier molecular flexibility index (Phi) is 35.2. The fourth-order valence-corrected chi connectivity index (χ4v) is 9.07. The number of hydrogen-bond acceptors (Lipinski definition) is 3. The number of aryl methyl sites for hydroxylation is 2. The van der Waals surface area contributed by atoms with Gasteiger partial charge in [-0.1, -0.05) is 228 Å². The van der Waals surface area contributed by atoms with Crippen LogP contribution in [0.1, 0.15) is 277 Å². The van der Waals surface area contributed by atoms with E-state index < -0.39 is 0 Å². The number of benzene rings is 1. The molecule has 0 aromatic heterocycles. The highest BCUT2D eigenvalue weighted by molar-refractivity contribution is 5.81. The lowest BCUT2D eigenvalue weighted by Gasteiger charge is -2.27. The Morgan fingerprint density at radius 3 is 1.21 bits per heavy atom. The predicted molar refractivity (Wildman–Crippen MR) is 252 cm³/mol. The third-order valence-corrected chi connectivity index (χ3v) is 13.0. The molecule has 2 atom stereocenters. The summed E-state index contributed by atoms with van der Waals surface area (Å²) in [5.74, 6) is 3.48. The van der Waals surface area contributed by atoms with Crippen LogP contribution in [0, 0.1) is 23.7 Å². The highest BCUT2D eigenvalue weighted by Crippen LogP contribution is 2.33. The highest BCUT2D eigenvalue weighted by atomic mass is 16.3. The Balaban J connectivity index is 0.000000587. The Morgan fingerprint density at radius 1 is 0.474 bits per heavy atom. The van der Waals surface area contributed by atoms with Gasteiger partial charge in [-0.05, 0) is 86.0 Å². The van der Waals surface area contributed by atoms with Crippen LogP contribution in [0.3, 0.4) is 0 Å². The summed E-state index contributed by atoms with van der Waals surface area (Å²) < 4.78 is 0. The van der Waals surface area contributed by atoms with Crippen LogP contribution in [0.2, 0.25) is 0 Å². The average molecular weight is 797 g/mol. The van der Waals surface area contributed by atoms with Gasteiger partial charge in [-0.15, -0.1) is 0 Å². The molecule has 2 rings (SSSR count). The SMILES string of the molecule is CC(C)CCCCCCC1CCC(CCCCCCC(C)C)C(=O)C1.CCCCCCCCCCCCc1cc(O)c(O)cc1CCCCCCCCCCCC. The van der Waals surface area contributed by atoms with Crippen LogP contribution in [0.4, 0.5) is 0 Å². The third-order valence-electron chi connectivity index (χ3n) is 13.0. The molecule has 2 unspecified atom stereocenters. The minimum absolute atomic E-state index is 0.0407. The summed E-state index contributed by atoms with van der Waals surface area (Å²) in [7, 11) is 0. The molecule has 1 fully saturated rings. The number of phenols is 2. The first-order chi connectivity index (χ1) is 27.7. The lowest BCUT2D eigenvalue weighted by molar-refractivity contribution is -0.126. The number of carbonyl (C=O) groups excluding carboxylic acids is 1. The maximum atomic E-state index is 12.4. The Hall–Kier alpha value is -1.51. The standard InChI is InChI=1S/C30H54O2.C24H46O/c1-3-5-7-9-11-13-15-17-19-21-23-27-25-29(31)30(32)26-28(27)24-22-20-18-16-14-12-10-8-6-4-2;1-20(2)13-9-5-7-11-15-22-17-18-23(24(25)19-22)16-12-8-6-10-14-21(3)4/h25-26,31-32H,3-24H2,1-2H3;20-23H,5-19H2,1-4H3. The molecule has 0 spiro atoms. The second kappa shape index (κ2) is 37.5. The van der Waals surface area contributed by atoms with Gasteiger partial charge in [0.25, 0.3) is 0 Å². The molecule has 0 heterocycles. The summed E-state index contributed by atoms with van der Waals surface area (Å²) in [6.07, 6.45) is 48.4. The monoisotopic (exact) mass is 797 g/mol. The quantitative estimate of drug-likeness (QED) is 0.0525. The van der Waals surface area contributed by atoms with E-state index in [9.17, 15) is 15.0 Å². The second-order valence-corrected chi connectivity index (χ2v) is 19.6. The van der Waals surface area contributed by atoms with E-state index >= 15 is 0 Å². The summed E-state index contributed by atoms with van der Waals surface area (Å²) in [5, 5.41) is 20.0.